The van der Waals surface area contributed by atoms with Gasteiger partial charge in [0.15, 0.2) is 4.96 Å². The molecule has 0 aliphatic heterocycles. The lowest BCUT2D eigenvalue weighted by molar-refractivity contribution is 0.264. The van der Waals surface area contributed by atoms with Crippen LogP contribution < -0.4 is 5.73 Å². The molecule has 20 heavy (non-hydrogen) atoms. The van der Waals surface area contributed by atoms with E-state index in [4.69, 9.17) is 10.7 Å². The molecule has 0 aliphatic carbocycles. The van der Waals surface area contributed by atoms with Crippen molar-refractivity contribution in [2.75, 3.05) is 6.61 Å². The minimum Gasteiger partial charge on any atom is -0.395 e. The van der Waals surface area contributed by atoms with Gasteiger partial charge in [0.05, 0.1) is 18.0 Å². The zero-order chi connectivity index (χ0) is 14.1. The van der Waals surface area contributed by atoms with E-state index >= 15 is 0 Å². The zero-order valence-corrected chi connectivity index (χ0v) is 12.1. The summed E-state index contributed by atoms with van der Waals surface area (Å²) in [6, 6.07) is 8.06. The Labute approximate surface area is 121 Å². The number of aromatic nitrogens is 2. The van der Waals surface area contributed by atoms with E-state index in [1.807, 2.05) is 11.6 Å². The quantitative estimate of drug-likeness (QED) is 0.773. The van der Waals surface area contributed by atoms with E-state index in [0.717, 1.165) is 21.9 Å². The van der Waals surface area contributed by atoms with Crippen molar-refractivity contribution in [1.29, 1.82) is 0 Å². The second-order valence-electron chi connectivity index (χ2n) is 4.98. The van der Waals surface area contributed by atoms with Crippen LogP contribution in [-0.2, 0) is 6.42 Å². The number of thiazole rings is 1. The van der Waals surface area contributed by atoms with Gasteiger partial charge < -0.3 is 10.8 Å². The fourth-order valence-electron chi connectivity index (χ4n) is 2.28. The average Bonchev–Trinajstić information content (AvgIpc) is 3.02. The fraction of sp³-hybridized carbons (Fsp3) is 0.267. The van der Waals surface area contributed by atoms with Crippen LogP contribution >= 0.6 is 11.3 Å². The van der Waals surface area contributed by atoms with E-state index in [-0.39, 0.29) is 12.6 Å². The molecule has 4 nitrogen and oxygen atoms in total. The largest absolute Gasteiger partial charge is 0.395 e. The molecule has 1 aromatic carbocycles. The van der Waals surface area contributed by atoms with Gasteiger partial charge in [-0.2, -0.15) is 0 Å². The van der Waals surface area contributed by atoms with Crippen LogP contribution in [-0.4, -0.2) is 27.1 Å². The third-order valence-corrected chi connectivity index (χ3v) is 4.13. The molecule has 1 atom stereocenters. The topological polar surface area (TPSA) is 63.5 Å². The number of nitrogens with zero attached hydrogens (tertiary/aromatic N) is 2. The van der Waals surface area contributed by atoms with Crippen LogP contribution in [0.25, 0.3) is 16.2 Å². The van der Waals surface area contributed by atoms with Gasteiger partial charge in [-0.1, -0.05) is 29.8 Å². The number of aliphatic hydroxyl groups is 1. The lowest BCUT2D eigenvalue weighted by atomic mass is 10.0. The highest BCUT2D eigenvalue weighted by Crippen LogP contribution is 2.27. The van der Waals surface area contributed by atoms with E-state index in [2.05, 4.69) is 35.6 Å². The van der Waals surface area contributed by atoms with E-state index in [0.29, 0.717) is 6.42 Å². The fourth-order valence-corrected chi connectivity index (χ4v) is 3.02. The van der Waals surface area contributed by atoms with Crippen LogP contribution in [0, 0.1) is 6.92 Å². The maximum atomic E-state index is 9.20. The Balaban J connectivity index is 2.11. The van der Waals surface area contributed by atoms with Crippen LogP contribution in [0.15, 0.2) is 35.8 Å². The van der Waals surface area contributed by atoms with Crippen molar-refractivity contribution in [2.24, 2.45) is 5.73 Å². The molecule has 0 saturated heterocycles. The summed E-state index contributed by atoms with van der Waals surface area (Å²) >= 11 is 1.60. The average molecular weight is 287 g/mol. The highest BCUT2D eigenvalue weighted by molar-refractivity contribution is 7.15. The molecule has 2 heterocycles. The van der Waals surface area contributed by atoms with Crippen molar-refractivity contribution in [3.63, 3.8) is 0 Å². The van der Waals surface area contributed by atoms with E-state index in [1.54, 1.807) is 11.3 Å². The van der Waals surface area contributed by atoms with Crippen LogP contribution in [0.3, 0.4) is 0 Å². The molecule has 0 bridgehead atoms. The molecular weight excluding hydrogens is 270 g/mol. The molecule has 1 unspecified atom stereocenters. The highest BCUT2D eigenvalue weighted by Gasteiger charge is 2.17. The van der Waals surface area contributed by atoms with Gasteiger partial charge in [0.2, 0.25) is 0 Å². The molecule has 2 aromatic heterocycles. The van der Waals surface area contributed by atoms with Gasteiger partial charge >= 0.3 is 0 Å². The second kappa shape index (κ2) is 5.36. The van der Waals surface area contributed by atoms with E-state index in [1.165, 1.54) is 5.56 Å². The van der Waals surface area contributed by atoms with Gasteiger partial charge in [-0.3, -0.25) is 4.40 Å². The third kappa shape index (κ3) is 2.35. The number of hydrogen-bond donors (Lipinski definition) is 2. The summed E-state index contributed by atoms with van der Waals surface area (Å²) in [6.07, 6.45) is 2.61. The van der Waals surface area contributed by atoms with Crippen molar-refractivity contribution in [3.05, 3.63) is 47.1 Å². The summed E-state index contributed by atoms with van der Waals surface area (Å²) in [5.74, 6) is 0. The number of imidazole rings is 1. The summed E-state index contributed by atoms with van der Waals surface area (Å²) in [4.78, 5) is 5.66. The van der Waals surface area contributed by atoms with Gasteiger partial charge in [0.25, 0.3) is 0 Å². The smallest absolute Gasteiger partial charge is 0.194 e. The van der Waals surface area contributed by atoms with Crippen molar-refractivity contribution >= 4 is 16.3 Å². The highest BCUT2D eigenvalue weighted by atomic mass is 32.1. The Morgan fingerprint density at radius 2 is 2.10 bits per heavy atom. The summed E-state index contributed by atoms with van der Waals surface area (Å²) in [5.41, 5.74) is 10.2. The first-order chi connectivity index (χ1) is 9.69. The first kappa shape index (κ1) is 13.3. The van der Waals surface area contributed by atoms with Crippen LogP contribution in [0.1, 0.15) is 11.3 Å². The standard InChI is InChI=1S/C15H17N3OS/c1-10-2-4-11(5-3-10)14-13(8-12(16)9-19)18-6-7-20-15(18)17-14/h2-7,12,19H,8-9,16H2,1H3. The van der Waals surface area contributed by atoms with Crippen LogP contribution in [0.5, 0.6) is 0 Å². The molecule has 0 aliphatic rings. The molecule has 0 saturated carbocycles. The molecule has 0 spiro atoms. The molecule has 3 rings (SSSR count). The number of nitrogens with two attached hydrogens (primary N) is 1. The first-order valence-electron chi connectivity index (χ1n) is 6.57. The molecular formula is C15H17N3OS. The predicted molar refractivity (Wildman–Crippen MR) is 82.0 cm³/mol. The number of rotatable bonds is 4. The Morgan fingerprint density at radius 1 is 1.35 bits per heavy atom. The molecule has 5 heteroatoms. The third-order valence-electron chi connectivity index (χ3n) is 3.38. The Hall–Kier alpha value is -1.69. The number of hydrogen-bond acceptors (Lipinski definition) is 4. The Bertz CT molecular complexity index is 714. The van der Waals surface area contributed by atoms with E-state index in [9.17, 15) is 5.11 Å². The molecule has 0 fully saturated rings. The maximum Gasteiger partial charge on any atom is 0.194 e. The van der Waals surface area contributed by atoms with Crippen molar-refractivity contribution in [1.82, 2.24) is 9.38 Å². The minimum absolute atomic E-state index is 0.0231. The normalized spacial score (nSPS) is 12.9. The lowest BCUT2D eigenvalue weighted by Crippen LogP contribution is -2.27. The zero-order valence-electron chi connectivity index (χ0n) is 11.3. The molecule has 0 radical (unpaired) electrons. The van der Waals surface area contributed by atoms with Gasteiger partial charge in [0.1, 0.15) is 0 Å². The van der Waals surface area contributed by atoms with E-state index < -0.39 is 0 Å². The van der Waals surface area contributed by atoms with Gasteiger partial charge in [0, 0.05) is 29.6 Å². The summed E-state index contributed by atoms with van der Waals surface area (Å²) in [7, 11) is 0. The molecule has 0 amide bonds. The van der Waals surface area contributed by atoms with Crippen molar-refractivity contribution in [2.45, 2.75) is 19.4 Å². The van der Waals surface area contributed by atoms with Crippen molar-refractivity contribution in [3.8, 4) is 11.3 Å². The summed E-state index contributed by atoms with van der Waals surface area (Å²) in [5, 5.41) is 11.2. The SMILES string of the molecule is Cc1ccc(-c2nc3sccn3c2CC(N)CO)cc1. The molecule has 104 valence electrons. The molecule has 3 N–H and O–H groups in total. The predicted octanol–water partition coefficient (Wildman–Crippen LogP) is 2.23. The maximum absolute atomic E-state index is 9.20. The second-order valence-corrected chi connectivity index (χ2v) is 5.85. The molecule has 3 aromatic rings. The minimum atomic E-state index is -0.265. The Morgan fingerprint density at radius 3 is 2.80 bits per heavy atom. The monoisotopic (exact) mass is 287 g/mol. The summed E-state index contributed by atoms with van der Waals surface area (Å²) in [6.45, 7) is 2.04. The lowest BCUT2D eigenvalue weighted by Gasteiger charge is -2.09. The number of aryl methyl sites for hydroxylation is 1. The number of fused-ring (bicyclic) bond motifs is 1. The number of benzene rings is 1. The Kier molecular flexibility index (Phi) is 3.56. The van der Waals surface area contributed by atoms with Crippen LogP contribution in [0.2, 0.25) is 0 Å². The van der Waals surface area contributed by atoms with Gasteiger partial charge in [-0.15, -0.1) is 11.3 Å². The first-order valence-corrected chi connectivity index (χ1v) is 7.45. The van der Waals surface area contributed by atoms with Gasteiger partial charge in [-0.05, 0) is 6.92 Å². The van der Waals surface area contributed by atoms with Crippen LogP contribution in [0.4, 0.5) is 0 Å². The summed E-state index contributed by atoms with van der Waals surface area (Å²) < 4.78 is 2.06. The van der Waals surface area contributed by atoms with Gasteiger partial charge in [-0.25, -0.2) is 4.98 Å². The number of aliphatic hydroxyl groups excluding tert-OH is 1. The van der Waals surface area contributed by atoms with Crippen molar-refractivity contribution < 1.29 is 5.11 Å².